The molecule has 0 amide bonds. The molecule has 1 aliphatic rings. The average Bonchev–Trinajstić information content (AvgIpc) is 2.56. The minimum atomic E-state index is 0.230. The van der Waals surface area contributed by atoms with Gasteiger partial charge in [-0.15, -0.1) is 0 Å². The minimum Gasteiger partial charge on any atom is -0.383 e. The molecule has 6 nitrogen and oxygen atoms in total. The largest absolute Gasteiger partial charge is 0.383 e. The number of nitrogen functional groups attached to an aromatic ring is 2. The number of rotatable bonds is 4. The molecule has 6 heteroatoms. The van der Waals surface area contributed by atoms with Crippen LogP contribution in [0.3, 0.4) is 0 Å². The molecule has 2 aromatic rings. The molecule has 1 aromatic carbocycles. The molecule has 0 spiro atoms. The zero-order chi connectivity index (χ0) is 16.1. The Kier molecular flexibility index (Phi) is 4.73. The highest BCUT2D eigenvalue weighted by Gasteiger charge is 2.17. The molecule has 23 heavy (non-hydrogen) atoms. The molecule has 0 saturated carbocycles. The number of piperazine rings is 1. The van der Waals surface area contributed by atoms with Crippen LogP contribution in [0.5, 0.6) is 0 Å². The summed E-state index contributed by atoms with van der Waals surface area (Å²) in [6.07, 6.45) is 4.38. The third-order valence-electron chi connectivity index (χ3n) is 3.92. The zero-order valence-corrected chi connectivity index (χ0v) is 13.1. The Labute approximate surface area is 136 Å². The van der Waals surface area contributed by atoms with E-state index in [4.69, 9.17) is 11.5 Å². The molecule has 120 valence electrons. The predicted octanol–water partition coefficient (Wildman–Crippen LogP) is 1.48. The van der Waals surface area contributed by atoms with Crippen molar-refractivity contribution in [3.05, 3.63) is 48.0 Å². The number of nitrogens with two attached hydrogens (primary N) is 2. The maximum atomic E-state index is 5.74. The normalized spacial score (nSPS) is 16.1. The molecule has 1 aromatic heterocycles. The lowest BCUT2D eigenvalue weighted by molar-refractivity contribution is 0.283. The van der Waals surface area contributed by atoms with E-state index >= 15 is 0 Å². The van der Waals surface area contributed by atoms with E-state index < -0.39 is 0 Å². The SMILES string of the molecule is Nc1cc(N2CCN(C/C=C/c3ccccc3)CC2)nc(N)n1. The Morgan fingerprint density at radius 3 is 2.43 bits per heavy atom. The van der Waals surface area contributed by atoms with Gasteiger partial charge in [0.05, 0.1) is 0 Å². The molecule has 1 aliphatic heterocycles. The third-order valence-corrected chi connectivity index (χ3v) is 3.92. The molecule has 0 radical (unpaired) electrons. The molecule has 1 saturated heterocycles. The second-order valence-corrected chi connectivity index (χ2v) is 5.61. The van der Waals surface area contributed by atoms with E-state index in [0.29, 0.717) is 5.82 Å². The molecule has 2 heterocycles. The summed E-state index contributed by atoms with van der Waals surface area (Å²) in [5, 5.41) is 0. The lowest BCUT2D eigenvalue weighted by Gasteiger charge is -2.34. The average molecular weight is 310 g/mol. The van der Waals surface area contributed by atoms with Gasteiger partial charge in [0.2, 0.25) is 5.95 Å². The van der Waals surface area contributed by atoms with Crippen LogP contribution in [0.1, 0.15) is 5.56 Å². The molecule has 3 rings (SSSR count). The number of aromatic nitrogens is 2. The summed E-state index contributed by atoms with van der Waals surface area (Å²) in [5.41, 5.74) is 12.6. The molecule has 0 aliphatic carbocycles. The van der Waals surface area contributed by atoms with E-state index in [9.17, 15) is 0 Å². The second kappa shape index (κ2) is 7.11. The van der Waals surface area contributed by atoms with Crippen molar-refractivity contribution in [1.82, 2.24) is 14.9 Å². The Bertz CT molecular complexity index is 642. The van der Waals surface area contributed by atoms with Crippen molar-refractivity contribution in [2.75, 3.05) is 49.1 Å². The Hall–Kier alpha value is -2.60. The van der Waals surface area contributed by atoms with Gasteiger partial charge in [0.1, 0.15) is 11.6 Å². The fraction of sp³-hybridized carbons (Fsp3) is 0.294. The van der Waals surface area contributed by atoms with E-state index in [2.05, 4.69) is 56.2 Å². The first kappa shape index (κ1) is 15.3. The van der Waals surface area contributed by atoms with Crippen LogP contribution >= 0.6 is 0 Å². The van der Waals surface area contributed by atoms with Crippen LogP contribution in [0, 0.1) is 0 Å². The van der Waals surface area contributed by atoms with Crippen molar-refractivity contribution < 1.29 is 0 Å². The van der Waals surface area contributed by atoms with Crippen LogP contribution in [-0.2, 0) is 0 Å². The van der Waals surface area contributed by atoms with Gasteiger partial charge in [0, 0.05) is 38.8 Å². The fourth-order valence-corrected chi connectivity index (χ4v) is 2.70. The number of nitrogens with zero attached hydrogens (tertiary/aromatic N) is 4. The number of hydrogen-bond donors (Lipinski definition) is 2. The quantitative estimate of drug-likeness (QED) is 0.890. The van der Waals surface area contributed by atoms with Crippen LogP contribution in [-0.4, -0.2) is 47.6 Å². The molecular weight excluding hydrogens is 288 g/mol. The van der Waals surface area contributed by atoms with Gasteiger partial charge in [-0.1, -0.05) is 42.5 Å². The fourth-order valence-electron chi connectivity index (χ4n) is 2.70. The van der Waals surface area contributed by atoms with E-state index in [1.807, 2.05) is 6.07 Å². The number of benzene rings is 1. The van der Waals surface area contributed by atoms with Crippen LogP contribution in [0.2, 0.25) is 0 Å². The van der Waals surface area contributed by atoms with Crippen molar-refractivity contribution in [3.8, 4) is 0 Å². The van der Waals surface area contributed by atoms with Crippen LogP contribution in [0.15, 0.2) is 42.5 Å². The lowest BCUT2D eigenvalue weighted by atomic mass is 10.2. The molecular formula is C17H22N6. The predicted molar refractivity (Wildman–Crippen MR) is 95.0 cm³/mol. The topological polar surface area (TPSA) is 84.3 Å². The van der Waals surface area contributed by atoms with Gasteiger partial charge in [-0.2, -0.15) is 9.97 Å². The smallest absolute Gasteiger partial charge is 0.223 e. The summed E-state index contributed by atoms with van der Waals surface area (Å²) >= 11 is 0. The van der Waals surface area contributed by atoms with E-state index in [1.165, 1.54) is 5.56 Å². The molecule has 0 atom stereocenters. The highest BCUT2D eigenvalue weighted by Crippen LogP contribution is 2.17. The summed E-state index contributed by atoms with van der Waals surface area (Å²) in [4.78, 5) is 12.8. The molecule has 4 N–H and O–H groups in total. The summed E-state index contributed by atoms with van der Waals surface area (Å²) < 4.78 is 0. The Morgan fingerprint density at radius 2 is 1.74 bits per heavy atom. The second-order valence-electron chi connectivity index (χ2n) is 5.61. The van der Waals surface area contributed by atoms with Crippen LogP contribution in [0.4, 0.5) is 17.6 Å². The highest BCUT2D eigenvalue weighted by atomic mass is 15.3. The van der Waals surface area contributed by atoms with Crippen molar-refractivity contribution in [1.29, 1.82) is 0 Å². The number of hydrogen-bond acceptors (Lipinski definition) is 6. The van der Waals surface area contributed by atoms with Gasteiger partial charge in [0.15, 0.2) is 0 Å². The lowest BCUT2D eigenvalue weighted by Crippen LogP contribution is -2.46. The summed E-state index contributed by atoms with van der Waals surface area (Å²) in [7, 11) is 0. The summed E-state index contributed by atoms with van der Waals surface area (Å²) in [6, 6.07) is 12.1. The van der Waals surface area contributed by atoms with Gasteiger partial charge in [0.25, 0.3) is 0 Å². The van der Waals surface area contributed by atoms with Crippen molar-refractivity contribution in [3.63, 3.8) is 0 Å². The molecule has 0 unspecified atom stereocenters. The van der Waals surface area contributed by atoms with Crippen molar-refractivity contribution >= 4 is 23.7 Å². The van der Waals surface area contributed by atoms with Gasteiger partial charge >= 0.3 is 0 Å². The first-order valence-corrected chi connectivity index (χ1v) is 7.79. The maximum Gasteiger partial charge on any atom is 0.223 e. The Morgan fingerprint density at radius 1 is 1.00 bits per heavy atom. The summed E-state index contributed by atoms with van der Waals surface area (Å²) in [5.74, 6) is 1.46. The first-order chi connectivity index (χ1) is 11.2. The molecule has 0 bridgehead atoms. The van der Waals surface area contributed by atoms with Gasteiger partial charge in [-0.25, -0.2) is 0 Å². The number of anilines is 3. The van der Waals surface area contributed by atoms with Crippen molar-refractivity contribution in [2.24, 2.45) is 0 Å². The van der Waals surface area contributed by atoms with Crippen LogP contribution < -0.4 is 16.4 Å². The maximum absolute atomic E-state index is 5.74. The van der Waals surface area contributed by atoms with Gasteiger partial charge in [-0.3, -0.25) is 4.90 Å². The zero-order valence-electron chi connectivity index (χ0n) is 13.1. The third kappa shape index (κ3) is 4.20. The van der Waals surface area contributed by atoms with E-state index in [-0.39, 0.29) is 5.95 Å². The first-order valence-electron chi connectivity index (χ1n) is 7.79. The summed E-state index contributed by atoms with van der Waals surface area (Å²) in [6.45, 7) is 4.76. The monoisotopic (exact) mass is 310 g/mol. The minimum absolute atomic E-state index is 0.230. The van der Waals surface area contributed by atoms with Gasteiger partial charge < -0.3 is 16.4 Å². The van der Waals surface area contributed by atoms with Crippen LogP contribution in [0.25, 0.3) is 6.08 Å². The highest BCUT2D eigenvalue weighted by molar-refractivity contribution is 5.51. The van der Waals surface area contributed by atoms with E-state index in [0.717, 1.165) is 38.5 Å². The van der Waals surface area contributed by atoms with Gasteiger partial charge in [-0.05, 0) is 5.56 Å². The van der Waals surface area contributed by atoms with Crippen molar-refractivity contribution in [2.45, 2.75) is 0 Å². The Balaban J connectivity index is 1.51. The molecule has 1 fully saturated rings. The van der Waals surface area contributed by atoms with E-state index in [1.54, 1.807) is 6.07 Å². The standard InChI is InChI=1S/C17H22N6/c18-15-13-16(21-17(19)20-15)23-11-9-22(10-12-23)8-4-7-14-5-2-1-3-6-14/h1-7,13H,8-12H2,(H4,18,19,20,21)/b7-4+.